The molecule has 1 amide bonds. The van der Waals surface area contributed by atoms with Crippen LogP contribution in [0.15, 0.2) is 29.6 Å². The van der Waals surface area contributed by atoms with Crippen LogP contribution in [-0.4, -0.2) is 10.3 Å². The van der Waals surface area contributed by atoms with Crippen LogP contribution in [-0.2, 0) is 6.54 Å². The molecular formula is C12H11FN2OS. The first-order valence-corrected chi connectivity index (χ1v) is 5.94. The largest absolute Gasteiger partial charge is 0.348 e. The van der Waals surface area contributed by atoms with Crippen molar-refractivity contribution in [2.75, 3.05) is 0 Å². The molecule has 0 fully saturated rings. The Bertz CT molecular complexity index is 522. The van der Waals surface area contributed by atoms with Gasteiger partial charge in [0, 0.05) is 11.9 Å². The molecule has 5 heteroatoms. The van der Waals surface area contributed by atoms with Gasteiger partial charge < -0.3 is 5.32 Å². The van der Waals surface area contributed by atoms with Crippen LogP contribution in [0.25, 0.3) is 0 Å². The highest BCUT2D eigenvalue weighted by atomic mass is 32.1. The summed E-state index contributed by atoms with van der Waals surface area (Å²) in [6.45, 7) is 2.18. The predicted molar refractivity (Wildman–Crippen MR) is 64.4 cm³/mol. The van der Waals surface area contributed by atoms with Crippen LogP contribution in [0.1, 0.15) is 21.6 Å². The van der Waals surface area contributed by atoms with Crippen LogP contribution in [0.2, 0.25) is 0 Å². The third-order valence-corrected chi connectivity index (χ3v) is 3.08. The summed E-state index contributed by atoms with van der Waals surface area (Å²) in [5, 5.41) is 4.48. The van der Waals surface area contributed by atoms with Crippen molar-refractivity contribution in [2.45, 2.75) is 13.5 Å². The summed E-state index contributed by atoms with van der Waals surface area (Å²) in [5.41, 5.74) is 2.18. The molecule has 1 heterocycles. The zero-order valence-corrected chi connectivity index (χ0v) is 10.1. The molecule has 0 aliphatic heterocycles. The molecule has 1 N–H and O–H groups in total. The number of halogens is 1. The lowest BCUT2D eigenvalue weighted by Crippen LogP contribution is -2.23. The monoisotopic (exact) mass is 250 g/mol. The predicted octanol–water partition coefficient (Wildman–Crippen LogP) is 2.52. The number of rotatable bonds is 3. The van der Waals surface area contributed by atoms with Gasteiger partial charge in [-0.3, -0.25) is 4.79 Å². The highest BCUT2D eigenvalue weighted by Gasteiger charge is 2.10. The van der Waals surface area contributed by atoms with Crippen molar-refractivity contribution in [1.29, 1.82) is 0 Å². The first-order valence-electron chi connectivity index (χ1n) is 5.10. The Morgan fingerprint density at radius 2 is 2.12 bits per heavy atom. The molecule has 1 aromatic carbocycles. The second-order valence-corrected chi connectivity index (χ2v) is 4.25. The van der Waals surface area contributed by atoms with Crippen molar-refractivity contribution in [3.63, 3.8) is 0 Å². The van der Waals surface area contributed by atoms with Gasteiger partial charge in [0.15, 0.2) is 0 Å². The highest BCUT2D eigenvalue weighted by molar-refractivity contribution is 7.03. The summed E-state index contributed by atoms with van der Waals surface area (Å²) in [5.74, 6) is -0.432. The molecule has 3 nitrogen and oxygen atoms in total. The quantitative estimate of drug-likeness (QED) is 0.909. The van der Waals surface area contributed by atoms with Gasteiger partial charge in [-0.15, -0.1) is 0 Å². The Morgan fingerprint density at radius 3 is 2.71 bits per heavy atom. The number of hydrogen-bond acceptors (Lipinski definition) is 3. The molecule has 0 spiro atoms. The van der Waals surface area contributed by atoms with Gasteiger partial charge in [0.1, 0.15) is 5.82 Å². The highest BCUT2D eigenvalue weighted by Crippen LogP contribution is 2.09. The fraction of sp³-hybridized carbons (Fsp3) is 0.167. The summed E-state index contributed by atoms with van der Waals surface area (Å²) in [6.07, 6.45) is 0. The van der Waals surface area contributed by atoms with E-state index in [4.69, 9.17) is 0 Å². The summed E-state index contributed by atoms with van der Waals surface area (Å²) < 4.78 is 16.7. The van der Waals surface area contributed by atoms with E-state index in [2.05, 4.69) is 9.69 Å². The van der Waals surface area contributed by atoms with E-state index in [0.29, 0.717) is 12.1 Å². The summed E-state index contributed by atoms with van der Waals surface area (Å²) in [7, 11) is 0. The van der Waals surface area contributed by atoms with Gasteiger partial charge >= 0.3 is 0 Å². The number of nitrogens with zero attached hydrogens (tertiary/aromatic N) is 1. The van der Waals surface area contributed by atoms with Crippen molar-refractivity contribution in [3.05, 3.63) is 52.3 Å². The zero-order chi connectivity index (χ0) is 12.3. The Labute approximate surface area is 102 Å². The minimum Gasteiger partial charge on any atom is -0.348 e. The number of carbonyl (C=O) groups is 1. The topological polar surface area (TPSA) is 42.0 Å². The summed E-state index contributed by atoms with van der Waals surface area (Å²) in [6, 6.07) is 6.04. The van der Waals surface area contributed by atoms with Gasteiger partial charge in [0.25, 0.3) is 5.91 Å². The molecule has 2 aromatic rings. The minimum atomic E-state index is -0.280. The molecule has 1 aromatic heterocycles. The molecule has 0 aliphatic rings. The van der Waals surface area contributed by atoms with E-state index in [1.165, 1.54) is 23.7 Å². The summed E-state index contributed by atoms with van der Waals surface area (Å²) in [4.78, 5) is 11.7. The second-order valence-electron chi connectivity index (χ2n) is 3.62. The van der Waals surface area contributed by atoms with Crippen molar-refractivity contribution < 1.29 is 9.18 Å². The maximum absolute atomic E-state index is 12.7. The first-order chi connectivity index (χ1) is 8.16. The van der Waals surface area contributed by atoms with E-state index < -0.39 is 0 Å². The number of carbonyl (C=O) groups excluding carboxylic acids is 1. The Kier molecular flexibility index (Phi) is 3.49. The molecule has 88 valence electrons. The van der Waals surface area contributed by atoms with E-state index in [0.717, 1.165) is 11.3 Å². The van der Waals surface area contributed by atoms with E-state index >= 15 is 0 Å². The van der Waals surface area contributed by atoms with Crippen LogP contribution < -0.4 is 5.32 Å². The Hall–Kier alpha value is -1.75. The van der Waals surface area contributed by atoms with Crippen LogP contribution >= 0.6 is 11.5 Å². The van der Waals surface area contributed by atoms with Crippen molar-refractivity contribution in [3.8, 4) is 0 Å². The maximum atomic E-state index is 12.7. The fourth-order valence-electron chi connectivity index (χ4n) is 1.39. The Morgan fingerprint density at radius 1 is 1.41 bits per heavy atom. The average Bonchev–Trinajstić information content (AvgIpc) is 2.74. The van der Waals surface area contributed by atoms with Gasteiger partial charge in [-0.2, -0.15) is 4.37 Å². The number of aryl methyl sites for hydroxylation is 1. The smallest absolute Gasteiger partial charge is 0.254 e. The number of amides is 1. The molecule has 17 heavy (non-hydrogen) atoms. The SMILES string of the molecule is Cc1nscc1C(=O)NCc1ccc(F)cc1. The standard InChI is InChI=1S/C12H11FN2OS/c1-8-11(7-17-15-8)12(16)14-6-9-2-4-10(13)5-3-9/h2-5,7H,6H2,1H3,(H,14,16). The minimum absolute atomic E-state index is 0.152. The van der Waals surface area contributed by atoms with Crippen molar-refractivity contribution in [1.82, 2.24) is 9.69 Å². The van der Waals surface area contributed by atoms with Gasteiger partial charge in [0.2, 0.25) is 0 Å². The lowest BCUT2D eigenvalue weighted by atomic mass is 10.2. The van der Waals surface area contributed by atoms with Crippen LogP contribution in [0.4, 0.5) is 4.39 Å². The Balaban J connectivity index is 1.97. The molecule has 0 radical (unpaired) electrons. The normalized spacial score (nSPS) is 10.2. The fourth-order valence-corrected chi connectivity index (χ4v) is 2.08. The van der Waals surface area contributed by atoms with E-state index in [-0.39, 0.29) is 11.7 Å². The maximum Gasteiger partial charge on any atom is 0.254 e. The van der Waals surface area contributed by atoms with E-state index in [1.807, 2.05) is 0 Å². The van der Waals surface area contributed by atoms with Crippen LogP contribution in [0, 0.1) is 12.7 Å². The number of aromatic nitrogens is 1. The summed E-state index contributed by atoms with van der Waals surface area (Å²) >= 11 is 1.26. The molecule has 2 rings (SSSR count). The van der Waals surface area contributed by atoms with Gasteiger partial charge in [-0.05, 0) is 36.2 Å². The van der Waals surface area contributed by atoms with Crippen LogP contribution in [0.5, 0.6) is 0 Å². The molecule has 0 atom stereocenters. The van der Waals surface area contributed by atoms with Crippen molar-refractivity contribution in [2.24, 2.45) is 0 Å². The molecule has 0 unspecified atom stereocenters. The number of nitrogens with one attached hydrogen (secondary N) is 1. The third-order valence-electron chi connectivity index (χ3n) is 2.36. The number of benzene rings is 1. The van der Waals surface area contributed by atoms with Crippen LogP contribution in [0.3, 0.4) is 0 Å². The molecule has 0 saturated heterocycles. The third kappa shape index (κ3) is 2.88. The van der Waals surface area contributed by atoms with Gasteiger partial charge in [0.05, 0.1) is 11.3 Å². The van der Waals surface area contributed by atoms with E-state index in [9.17, 15) is 9.18 Å². The molecule has 0 bridgehead atoms. The van der Waals surface area contributed by atoms with Gasteiger partial charge in [-0.1, -0.05) is 12.1 Å². The van der Waals surface area contributed by atoms with E-state index in [1.54, 1.807) is 24.4 Å². The molecule has 0 aliphatic carbocycles. The second kappa shape index (κ2) is 5.05. The lowest BCUT2D eigenvalue weighted by Gasteiger charge is -2.04. The first kappa shape index (κ1) is 11.7. The molecule has 0 saturated carbocycles. The lowest BCUT2D eigenvalue weighted by molar-refractivity contribution is 0.0950. The average molecular weight is 250 g/mol. The van der Waals surface area contributed by atoms with Gasteiger partial charge in [-0.25, -0.2) is 4.39 Å². The van der Waals surface area contributed by atoms with Crippen molar-refractivity contribution >= 4 is 17.4 Å². The number of hydrogen-bond donors (Lipinski definition) is 1. The zero-order valence-electron chi connectivity index (χ0n) is 9.24. The molecular weight excluding hydrogens is 239 g/mol.